The number of esters is 1. The minimum absolute atomic E-state index is 0.114. The van der Waals surface area contributed by atoms with E-state index >= 15 is 0 Å². The molecule has 2 atom stereocenters. The lowest BCUT2D eigenvalue weighted by atomic mass is 9.97. The summed E-state index contributed by atoms with van der Waals surface area (Å²) in [4.78, 5) is 11.0. The van der Waals surface area contributed by atoms with Crippen molar-refractivity contribution in [3.05, 3.63) is 48.2 Å². The highest BCUT2D eigenvalue weighted by atomic mass is 16.5. The Labute approximate surface area is 100 Å². The van der Waals surface area contributed by atoms with E-state index in [9.17, 15) is 4.79 Å². The van der Waals surface area contributed by atoms with Gasteiger partial charge in [0.25, 0.3) is 0 Å². The fourth-order valence-corrected chi connectivity index (χ4v) is 1.65. The van der Waals surface area contributed by atoms with Crippen molar-refractivity contribution >= 4 is 5.97 Å². The molecule has 1 aliphatic rings. The molecule has 3 nitrogen and oxygen atoms in total. The number of carbonyl (C=O) groups excluding carboxylic acids is 1. The Hall–Kier alpha value is -2.21. The molecule has 0 fully saturated rings. The number of hydrogen-bond donors (Lipinski definition) is 0. The van der Waals surface area contributed by atoms with E-state index in [0.717, 1.165) is 5.56 Å². The van der Waals surface area contributed by atoms with Crippen LogP contribution < -0.4 is 0 Å². The van der Waals surface area contributed by atoms with E-state index in [2.05, 4.69) is 16.6 Å². The molecule has 3 heteroatoms. The number of benzene rings is 1. The molecular formula is C14H12O3. The molecule has 0 saturated carbocycles. The quantitative estimate of drug-likeness (QED) is 0.419. The first-order chi connectivity index (χ1) is 8.31. The van der Waals surface area contributed by atoms with Crippen LogP contribution in [0.5, 0.6) is 0 Å². The molecule has 1 aromatic rings. The third kappa shape index (κ3) is 2.67. The van der Waals surface area contributed by atoms with Crippen LogP contribution in [0, 0.1) is 17.8 Å². The molecule has 0 aromatic heterocycles. The molecule has 2 rings (SSSR count). The fourth-order valence-electron chi connectivity index (χ4n) is 1.65. The molecule has 0 bridgehead atoms. The monoisotopic (exact) mass is 228 g/mol. The van der Waals surface area contributed by atoms with Crippen molar-refractivity contribution in [1.82, 2.24) is 0 Å². The minimum atomic E-state index is -0.530. The molecular weight excluding hydrogens is 216 g/mol. The zero-order valence-electron chi connectivity index (χ0n) is 9.42. The van der Waals surface area contributed by atoms with Crippen molar-refractivity contribution in [2.45, 2.75) is 6.10 Å². The highest BCUT2D eigenvalue weighted by molar-refractivity contribution is 5.88. The van der Waals surface area contributed by atoms with Crippen LogP contribution >= 0.6 is 0 Å². The zero-order chi connectivity index (χ0) is 12.1. The van der Waals surface area contributed by atoms with E-state index in [-0.39, 0.29) is 12.0 Å². The van der Waals surface area contributed by atoms with Crippen LogP contribution in [0.4, 0.5) is 0 Å². The van der Waals surface area contributed by atoms with Crippen LogP contribution in [-0.4, -0.2) is 13.1 Å². The zero-order valence-corrected chi connectivity index (χ0v) is 9.42. The number of rotatable bonds is 1. The smallest absolute Gasteiger partial charge is 0.384 e. The third-order valence-corrected chi connectivity index (χ3v) is 2.49. The van der Waals surface area contributed by atoms with E-state index < -0.39 is 5.97 Å². The van der Waals surface area contributed by atoms with Crippen molar-refractivity contribution in [1.29, 1.82) is 0 Å². The first kappa shape index (κ1) is 11.3. The van der Waals surface area contributed by atoms with Crippen LogP contribution in [0.3, 0.4) is 0 Å². The van der Waals surface area contributed by atoms with Crippen molar-refractivity contribution in [2.24, 2.45) is 5.92 Å². The Morgan fingerprint density at radius 3 is 2.82 bits per heavy atom. The minimum Gasteiger partial charge on any atom is -0.492 e. The Morgan fingerprint density at radius 1 is 1.35 bits per heavy atom. The lowest BCUT2D eigenvalue weighted by molar-refractivity contribution is -0.133. The average molecular weight is 228 g/mol. The molecule has 1 aromatic carbocycles. The predicted molar refractivity (Wildman–Crippen MR) is 62.7 cm³/mol. The van der Waals surface area contributed by atoms with Gasteiger partial charge in [0.05, 0.1) is 19.3 Å². The normalized spacial score (nSPS) is 21.2. The number of hydrogen-bond acceptors (Lipinski definition) is 3. The molecule has 0 N–H and O–H groups in total. The van der Waals surface area contributed by atoms with Gasteiger partial charge in [-0.3, -0.25) is 0 Å². The molecule has 1 heterocycles. The van der Waals surface area contributed by atoms with Gasteiger partial charge in [-0.2, -0.15) is 0 Å². The van der Waals surface area contributed by atoms with Gasteiger partial charge in [0.1, 0.15) is 6.10 Å². The number of ether oxygens (including phenoxy) is 2. The summed E-state index contributed by atoms with van der Waals surface area (Å²) in [6.45, 7) is 0. The van der Waals surface area contributed by atoms with Gasteiger partial charge >= 0.3 is 5.97 Å². The summed E-state index contributed by atoms with van der Waals surface area (Å²) in [5, 5.41) is 0. The highest BCUT2D eigenvalue weighted by Gasteiger charge is 2.24. The van der Waals surface area contributed by atoms with Gasteiger partial charge in [0.15, 0.2) is 0 Å². The Bertz CT molecular complexity index is 479. The van der Waals surface area contributed by atoms with Gasteiger partial charge in [-0.15, -0.1) is 0 Å². The topological polar surface area (TPSA) is 35.5 Å². The van der Waals surface area contributed by atoms with E-state index in [0.29, 0.717) is 0 Å². The maximum absolute atomic E-state index is 11.0. The second-order valence-corrected chi connectivity index (χ2v) is 3.58. The number of carbonyl (C=O) groups is 1. The molecule has 0 saturated heterocycles. The molecule has 0 aliphatic carbocycles. The first-order valence-corrected chi connectivity index (χ1v) is 5.28. The van der Waals surface area contributed by atoms with E-state index in [1.165, 1.54) is 7.11 Å². The molecule has 0 spiro atoms. The number of methoxy groups -OCH3 is 1. The predicted octanol–water partition coefficient (Wildman–Crippen LogP) is 2.06. The average Bonchev–Trinajstić information content (AvgIpc) is 2.85. The maximum Gasteiger partial charge on any atom is 0.384 e. The van der Waals surface area contributed by atoms with Crippen molar-refractivity contribution < 1.29 is 14.3 Å². The summed E-state index contributed by atoms with van der Waals surface area (Å²) < 4.78 is 9.96. The molecule has 0 unspecified atom stereocenters. The fraction of sp³-hybridized carbons (Fsp3) is 0.214. The highest BCUT2D eigenvalue weighted by Crippen LogP contribution is 2.31. The molecule has 0 radical (unpaired) electrons. The SMILES string of the molecule is COC(=O)C#C[C@H]1C=CO[C@@H]1c1ccccc1. The summed E-state index contributed by atoms with van der Waals surface area (Å²) in [5.74, 6) is 4.63. The molecule has 86 valence electrons. The standard InChI is InChI=1S/C14H12O3/c1-16-13(15)8-7-12-9-10-17-14(12)11-5-3-2-4-6-11/h2-6,9-10,12,14H,1H3/t12-,14+/m0/s1. The lowest BCUT2D eigenvalue weighted by Gasteiger charge is -2.14. The lowest BCUT2D eigenvalue weighted by Crippen LogP contribution is -2.06. The van der Waals surface area contributed by atoms with E-state index in [1.807, 2.05) is 36.4 Å². The second kappa shape index (κ2) is 5.22. The van der Waals surface area contributed by atoms with Gasteiger partial charge in [-0.25, -0.2) is 4.79 Å². The van der Waals surface area contributed by atoms with Gasteiger partial charge in [-0.05, 0) is 11.6 Å². The molecule has 17 heavy (non-hydrogen) atoms. The van der Waals surface area contributed by atoms with Crippen molar-refractivity contribution in [3.8, 4) is 11.8 Å². The maximum atomic E-state index is 11.0. The van der Waals surface area contributed by atoms with Crippen LogP contribution in [0.1, 0.15) is 11.7 Å². The second-order valence-electron chi connectivity index (χ2n) is 3.58. The summed E-state index contributed by atoms with van der Waals surface area (Å²) in [6.07, 6.45) is 3.32. The largest absolute Gasteiger partial charge is 0.492 e. The Morgan fingerprint density at radius 2 is 2.12 bits per heavy atom. The van der Waals surface area contributed by atoms with Crippen LogP contribution in [0.2, 0.25) is 0 Å². The van der Waals surface area contributed by atoms with Gasteiger partial charge in [0.2, 0.25) is 0 Å². The third-order valence-electron chi connectivity index (χ3n) is 2.49. The Kier molecular flexibility index (Phi) is 3.46. The van der Waals surface area contributed by atoms with Gasteiger partial charge < -0.3 is 9.47 Å². The summed E-state index contributed by atoms with van der Waals surface area (Å²) in [5.41, 5.74) is 1.04. The van der Waals surface area contributed by atoms with Crippen LogP contribution in [-0.2, 0) is 14.3 Å². The summed E-state index contributed by atoms with van der Waals surface area (Å²) in [6, 6.07) is 9.79. The van der Waals surface area contributed by atoms with Crippen LogP contribution in [0.15, 0.2) is 42.7 Å². The van der Waals surface area contributed by atoms with Gasteiger partial charge in [0, 0.05) is 5.92 Å². The molecule has 0 amide bonds. The first-order valence-electron chi connectivity index (χ1n) is 5.28. The Balaban J connectivity index is 2.14. The van der Waals surface area contributed by atoms with Gasteiger partial charge in [-0.1, -0.05) is 36.3 Å². The summed E-state index contributed by atoms with van der Waals surface area (Å²) >= 11 is 0. The van der Waals surface area contributed by atoms with Crippen LogP contribution in [0.25, 0.3) is 0 Å². The van der Waals surface area contributed by atoms with E-state index in [1.54, 1.807) is 6.26 Å². The van der Waals surface area contributed by atoms with Crippen molar-refractivity contribution in [2.75, 3.05) is 7.11 Å². The van der Waals surface area contributed by atoms with E-state index in [4.69, 9.17) is 4.74 Å². The summed E-state index contributed by atoms with van der Waals surface area (Å²) in [7, 11) is 1.31. The molecule has 1 aliphatic heterocycles. The van der Waals surface area contributed by atoms with Crippen molar-refractivity contribution in [3.63, 3.8) is 0 Å².